The highest BCUT2D eigenvalue weighted by atomic mass is 16.2. The molecule has 1 aromatic rings. The molecule has 1 atom stereocenters. The third kappa shape index (κ3) is 2.75. The number of carbonyl (C=O) groups excluding carboxylic acids is 1. The number of hydrogen-bond acceptors (Lipinski definition) is 4. The van der Waals surface area contributed by atoms with Crippen LogP contribution >= 0.6 is 0 Å². The fraction of sp³-hybridized carbons (Fsp3) is 0.429. The maximum absolute atomic E-state index is 12.5. The maximum atomic E-state index is 12.5. The molecule has 0 aromatic heterocycles. The van der Waals surface area contributed by atoms with Gasteiger partial charge in [-0.3, -0.25) is 9.69 Å². The second kappa shape index (κ2) is 5.83. The average molecular weight is 258 g/mol. The van der Waals surface area contributed by atoms with Crippen molar-refractivity contribution >= 4 is 11.6 Å². The van der Waals surface area contributed by atoms with Gasteiger partial charge in [0, 0.05) is 25.3 Å². The van der Waals surface area contributed by atoms with Gasteiger partial charge in [-0.05, 0) is 37.7 Å². The Hall–Kier alpha value is -1.90. The first-order valence-electron chi connectivity index (χ1n) is 6.39. The van der Waals surface area contributed by atoms with Gasteiger partial charge in [0.1, 0.15) is 6.04 Å². The predicted octanol–water partition coefficient (Wildman–Crippen LogP) is 0.554. The van der Waals surface area contributed by atoms with Gasteiger partial charge in [-0.2, -0.15) is 5.26 Å². The van der Waals surface area contributed by atoms with Crippen molar-refractivity contribution in [3.05, 3.63) is 29.8 Å². The summed E-state index contributed by atoms with van der Waals surface area (Å²) in [7, 11) is 1.93. The Morgan fingerprint density at radius 2 is 2.05 bits per heavy atom. The standard InChI is InChI=1S/C14H18N4O/c1-17-7-2-8-18(14(19)13(17)10-16)12-5-3-11(9-15)4-6-12/h3-6,13H,2,7-8,10,16H2,1H3. The summed E-state index contributed by atoms with van der Waals surface area (Å²) in [6.45, 7) is 1.87. The maximum Gasteiger partial charge on any atom is 0.245 e. The number of amides is 1. The summed E-state index contributed by atoms with van der Waals surface area (Å²) in [4.78, 5) is 16.3. The van der Waals surface area contributed by atoms with E-state index in [0.717, 1.165) is 18.7 Å². The number of likely N-dealkylation sites (N-methyl/N-ethyl adjacent to an activating group) is 1. The molecule has 1 aliphatic rings. The highest BCUT2D eigenvalue weighted by Crippen LogP contribution is 2.20. The van der Waals surface area contributed by atoms with E-state index in [4.69, 9.17) is 11.0 Å². The van der Waals surface area contributed by atoms with Crippen molar-refractivity contribution in [2.45, 2.75) is 12.5 Å². The monoisotopic (exact) mass is 258 g/mol. The first kappa shape index (κ1) is 13.5. The van der Waals surface area contributed by atoms with Gasteiger partial charge in [0.25, 0.3) is 0 Å². The smallest absolute Gasteiger partial charge is 0.245 e. The topological polar surface area (TPSA) is 73.4 Å². The van der Waals surface area contributed by atoms with E-state index in [-0.39, 0.29) is 11.9 Å². The number of nitriles is 1. The first-order chi connectivity index (χ1) is 9.17. The molecular weight excluding hydrogens is 240 g/mol. The molecule has 5 nitrogen and oxygen atoms in total. The molecule has 2 rings (SSSR count). The summed E-state index contributed by atoms with van der Waals surface area (Å²) in [6, 6.07) is 8.90. The van der Waals surface area contributed by atoms with Gasteiger partial charge >= 0.3 is 0 Å². The van der Waals surface area contributed by atoms with Crippen LogP contribution in [0.1, 0.15) is 12.0 Å². The van der Waals surface area contributed by atoms with E-state index in [1.165, 1.54) is 0 Å². The molecule has 1 amide bonds. The lowest BCUT2D eigenvalue weighted by Crippen LogP contribution is -2.48. The number of nitrogens with two attached hydrogens (primary N) is 1. The number of hydrogen-bond donors (Lipinski definition) is 1. The fourth-order valence-electron chi connectivity index (χ4n) is 2.37. The van der Waals surface area contributed by atoms with Crippen molar-refractivity contribution in [2.24, 2.45) is 5.73 Å². The summed E-state index contributed by atoms with van der Waals surface area (Å²) >= 11 is 0. The average Bonchev–Trinajstić information content (AvgIpc) is 2.57. The Balaban J connectivity index is 2.26. The lowest BCUT2D eigenvalue weighted by Gasteiger charge is -2.27. The van der Waals surface area contributed by atoms with E-state index in [0.29, 0.717) is 18.7 Å². The molecule has 1 fully saturated rings. The third-order valence-electron chi connectivity index (χ3n) is 3.51. The molecule has 1 aliphatic heterocycles. The molecular formula is C14H18N4O. The summed E-state index contributed by atoms with van der Waals surface area (Å²) in [5, 5.41) is 8.80. The zero-order chi connectivity index (χ0) is 13.8. The second-order valence-electron chi connectivity index (χ2n) is 4.73. The van der Waals surface area contributed by atoms with E-state index in [1.807, 2.05) is 24.1 Å². The number of benzene rings is 1. The van der Waals surface area contributed by atoms with Gasteiger partial charge in [0.05, 0.1) is 11.6 Å². The number of rotatable bonds is 2. The molecule has 2 N–H and O–H groups in total. The van der Waals surface area contributed by atoms with Gasteiger partial charge in [-0.25, -0.2) is 0 Å². The molecule has 1 aromatic carbocycles. The van der Waals surface area contributed by atoms with Crippen LogP contribution in [0.5, 0.6) is 0 Å². The van der Waals surface area contributed by atoms with Crippen molar-refractivity contribution in [3.63, 3.8) is 0 Å². The molecule has 0 aliphatic carbocycles. The Morgan fingerprint density at radius 3 is 2.63 bits per heavy atom. The minimum atomic E-state index is -0.266. The zero-order valence-corrected chi connectivity index (χ0v) is 11.0. The molecule has 5 heteroatoms. The number of carbonyl (C=O) groups is 1. The molecule has 19 heavy (non-hydrogen) atoms. The third-order valence-corrected chi connectivity index (χ3v) is 3.51. The summed E-state index contributed by atoms with van der Waals surface area (Å²) in [5.41, 5.74) is 7.13. The van der Waals surface area contributed by atoms with E-state index >= 15 is 0 Å². The van der Waals surface area contributed by atoms with Crippen molar-refractivity contribution in [2.75, 3.05) is 31.6 Å². The Labute approximate surface area is 113 Å². The zero-order valence-electron chi connectivity index (χ0n) is 11.0. The van der Waals surface area contributed by atoms with Crippen LogP contribution in [0.4, 0.5) is 5.69 Å². The van der Waals surface area contributed by atoms with Crippen LogP contribution in [0, 0.1) is 11.3 Å². The minimum absolute atomic E-state index is 0.0345. The molecule has 1 heterocycles. The molecule has 0 bridgehead atoms. The summed E-state index contributed by atoms with van der Waals surface area (Å²) in [5.74, 6) is 0.0345. The van der Waals surface area contributed by atoms with Crippen LogP contribution in [0.25, 0.3) is 0 Å². The highest BCUT2D eigenvalue weighted by molar-refractivity contribution is 5.97. The van der Waals surface area contributed by atoms with Crippen molar-refractivity contribution in [3.8, 4) is 6.07 Å². The second-order valence-corrected chi connectivity index (χ2v) is 4.73. The molecule has 0 radical (unpaired) electrons. The number of nitrogens with zero attached hydrogens (tertiary/aromatic N) is 3. The highest BCUT2D eigenvalue weighted by Gasteiger charge is 2.30. The van der Waals surface area contributed by atoms with Gasteiger partial charge in [0.15, 0.2) is 0 Å². The van der Waals surface area contributed by atoms with Crippen LogP contribution < -0.4 is 10.6 Å². The normalized spacial score (nSPS) is 21.0. The van der Waals surface area contributed by atoms with Crippen molar-refractivity contribution in [1.82, 2.24) is 4.90 Å². The minimum Gasteiger partial charge on any atom is -0.328 e. The SMILES string of the molecule is CN1CCCN(c2ccc(C#N)cc2)C(=O)C1CN. The van der Waals surface area contributed by atoms with Crippen LogP contribution in [0.15, 0.2) is 24.3 Å². The predicted molar refractivity (Wildman–Crippen MR) is 73.6 cm³/mol. The molecule has 0 saturated carbocycles. The Morgan fingerprint density at radius 1 is 1.37 bits per heavy atom. The van der Waals surface area contributed by atoms with E-state index in [1.54, 1.807) is 17.0 Å². The first-order valence-corrected chi connectivity index (χ1v) is 6.39. The van der Waals surface area contributed by atoms with Crippen LogP contribution in [0.2, 0.25) is 0 Å². The van der Waals surface area contributed by atoms with Gasteiger partial charge in [0.2, 0.25) is 5.91 Å². The van der Waals surface area contributed by atoms with Crippen LogP contribution in [-0.2, 0) is 4.79 Å². The van der Waals surface area contributed by atoms with Gasteiger partial charge < -0.3 is 10.6 Å². The van der Waals surface area contributed by atoms with E-state index < -0.39 is 0 Å². The molecule has 0 spiro atoms. The fourth-order valence-corrected chi connectivity index (χ4v) is 2.37. The van der Waals surface area contributed by atoms with E-state index in [2.05, 4.69) is 6.07 Å². The van der Waals surface area contributed by atoms with Crippen molar-refractivity contribution < 1.29 is 4.79 Å². The number of anilines is 1. The molecule has 1 unspecified atom stereocenters. The Bertz CT molecular complexity index is 491. The van der Waals surface area contributed by atoms with Gasteiger partial charge in [-0.15, -0.1) is 0 Å². The lowest BCUT2D eigenvalue weighted by atomic mass is 10.2. The van der Waals surface area contributed by atoms with Crippen LogP contribution in [-0.4, -0.2) is 43.5 Å². The van der Waals surface area contributed by atoms with Crippen LogP contribution in [0.3, 0.4) is 0 Å². The van der Waals surface area contributed by atoms with Crippen molar-refractivity contribution in [1.29, 1.82) is 5.26 Å². The Kier molecular flexibility index (Phi) is 4.15. The van der Waals surface area contributed by atoms with Gasteiger partial charge in [-0.1, -0.05) is 0 Å². The quantitative estimate of drug-likeness (QED) is 0.841. The molecule has 100 valence electrons. The van der Waals surface area contributed by atoms with E-state index in [9.17, 15) is 4.79 Å². The molecule has 1 saturated heterocycles. The largest absolute Gasteiger partial charge is 0.328 e. The summed E-state index contributed by atoms with van der Waals surface area (Å²) < 4.78 is 0. The summed E-state index contributed by atoms with van der Waals surface area (Å²) in [6.07, 6.45) is 0.915. The lowest BCUT2D eigenvalue weighted by molar-refractivity contribution is -0.122.